The molecule has 2 aromatic rings. The Hall–Kier alpha value is -2.67. The summed E-state index contributed by atoms with van der Waals surface area (Å²) in [4.78, 5) is 24.8. The van der Waals surface area contributed by atoms with E-state index >= 15 is 0 Å². The first-order valence-electron chi connectivity index (χ1n) is 8.00. The second-order valence-corrected chi connectivity index (χ2v) is 6.13. The van der Waals surface area contributed by atoms with Gasteiger partial charge in [-0.3, -0.25) is 4.79 Å². The predicted molar refractivity (Wildman–Crippen MR) is 85.7 cm³/mol. The summed E-state index contributed by atoms with van der Waals surface area (Å²) in [6.45, 7) is 0.871. The molecule has 6 nitrogen and oxygen atoms in total. The number of carbonyl (C=O) groups excluding carboxylic acids is 1. The van der Waals surface area contributed by atoms with E-state index in [1.165, 1.54) is 18.2 Å². The van der Waals surface area contributed by atoms with Crippen molar-refractivity contribution in [1.82, 2.24) is 4.90 Å². The van der Waals surface area contributed by atoms with Crippen LogP contribution >= 0.6 is 0 Å². The lowest BCUT2D eigenvalue weighted by Crippen LogP contribution is -2.39. The van der Waals surface area contributed by atoms with E-state index in [-0.39, 0.29) is 29.0 Å². The third-order valence-electron chi connectivity index (χ3n) is 4.54. The predicted octanol–water partition coefficient (Wildman–Crippen LogP) is 2.70. The molecule has 1 aliphatic rings. The summed E-state index contributed by atoms with van der Waals surface area (Å²) in [5.41, 5.74) is 0.591. The molecule has 0 spiro atoms. The van der Waals surface area contributed by atoms with Crippen LogP contribution < -0.4 is 0 Å². The zero-order valence-corrected chi connectivity index (χ0v) is 13.4. The molecule has 0 aliphatic carbocycles. The number of carbonyl (C=O) groups is 2. The van der Waals surface area contributed by atoms with Gasteiger partial charge in [-0.05, 0) is 36.5 Å². The van der Waals surface area contributed by atoms with Crippen LogP contribution in [0, 0.1) is 11.7 Å². The Labute approximate surface area is 143 Å². The number of furan rings is 1. The van der Waals surface area contributed by atoms with Crippen molar-refractivity contribution >= 4 is 11.9 Å². The molecule has 25 heavy (non-hydrogen) atoms. The Bertz CT molecular complexity index is 762. The molecular weight excluding hydrogens is 329 g/mol. The van der Waals surface area contributed by atoms with Crippen molar-refractivity contribution in [3.05, 3.63) is 59.3 Å². The van der Waals surface area contributed by atoms with E-state index in [0.29, 0.717) is 31.5 Å². The fraction of sp³-hybridized carbons (Fsp3) is 0.333. The largest absolute Gasteiger partial charge is 0.478 e. The van der Waals surface area contributed by atoms with Crippen LogP contribution in [0.25, 0.3) is 0 Å². The summed E-state index contributed by atoms with van der Waals surface area (Å²) in [5.74, 6) is -1.89. The second kappa shape index (κ2) is 7.06. The standard InChI is InChI=1S/C18H18FNO5/c19-14-3-1-11(2-4-14)16(21)12-5-7-20(8-6-12)17(22)15-9-13(10-25-15)18(23)24/h1-4,9-10,12,16,21H,5-8H2,(H,23,24). The van der Waals surface area contributed by atoms with E-state index in [1.54, 1.807) is 17.0 Å². The van der Waals surface area contributed by atoms with Gasteiger partial charge in [-0.15, -0.1) is 0 Å². The Kier molecular flexibility index (Phi) is 4.85. The number of halogens is 1. The third kappa shape index (κ3) is 3.71. The number of rotatable bonds is 4. The van der Waals surface area contributed by atoms with E-state index in [2.05, 4.69) is 0 Å². The Morgan fingerprint density at radius 1 is 1.20 bits per heavy atom. The molecule has 2 N–H and O–H groups in total. The van der Waals surface area contributed by atoms with Gasteiger partial charge in [0.15, 0.2) is 5.76 Å². The molecule has 132 valence electrons. The quantitative estimate of drug-likeness (QED) is 0.887. The number of amides is 1. The molecule has 0 bridgehead atoms. The first kappa shape index (κ1) is 17.2. The van der Waals surface area contributed by atoms with Crippen LogP contribution in [-0.4, -0.2) is 40.1 Å². The number of benzene rings is 1. The van der Waals surface area contributed by atoms with Crippen molar-refractivity contribution in [3.8, 4) is 0 Å². The van der Waals surface area contributed by atoms with E-state index < -0.39 is 12.1 Å². The summed E-state index contributed by atoms with van der Waals surface area (Å²) < 4.78 is 18.0. The van der Waals surface area contributed by atoms with Crippen molar-refractivity contribution < 1.29 is 28.6 Å². The topological polar surface area (TPSA) is 91.0 Å². The van der Waals surface area contributed by atoms with Gasteiger partial charge >= 0.3 is 5.97 Å². The number of carboxylic acids is 1. The molecule has 1 aromatic heterocycles. The number of hydrogen-bond donors (Lipinski definition) is 2. The minimum Gasteiger partial charge on any atom is -0.478 e. The zero-order valence-electron chi connectivity index (χ0n) is 13.4. The molecule has 1 fully saturated rings. The summed E-state index contributed by atoms with van der Waals surface area (Å²) in [6.07, 6.45) is 1.52. The molecule has 1 aliphatic heterocycles. The van der Waals surface area contributed by atoms with E-state index in [0.717, 1.165) is 6.26 Å². The van der Waals surface area contributed by atoms with E-state index in [4.69, 9.17) is 9.52 Å². The SMILES string of the molecule is O=C(O)c1coc(C(=O)N2CCC(C(O)c3ccc(F)cc3)CC2)c1. The van der Waals surface area contributed by atoms with Crippen LogP contribution in [0.3, 0.4) is 0 Å². The van der Waals surface area contributed by atoms with Gasteiger partial charge in [-0.2, -0.15) is 0 Å². The zero-order chi connectivity index (χ0) is 18.0. The highest BCUT2D eigenvalue weighted by Gasteiger charge is 2.30. The average molecular weight is 347 g/mol. The van der Waals surface area contributed by atoms with Gasteiger partial charge in [-0.25, -0.2) is 9.18 Å². The third-order valence-corrected chi connectivity index (χ3v) is 4.54. The first-order valence-corrected chi connectivity index (χ1v) is 8.00. The maximum Gasteiger partial charge on any atom is 0.338 e. The molecule has 1 aromatic carbocycles. The van der Waals surface area contributed by atoms with Gasteiger partial charge in [0.05, 0.1) is 11.7 Å². The number of likely N-dealkylation sites (tertiary alicyclic amines) is 1. The molecule has 1 amide bonds. The van der Waals surface area contributed by atoms with Gasteiger partial charge < -0.3 is 19.5 Å². The number of carboxylic acid groups (broad SMARTS) is 1. The molecule has 0 radical (unpaired) electrons. The number of hydrogen-bond acceptors (Lipinski definition) is 4. The van der Waals surface area contributed by atoms with Crippen molar-refractivity contribution in [2.45, 2.75) is 18.9 Å². The number of aliphatic hydroxyl groups is 1. The van der Waals surface area contributed by atoms with Gasteiger partial charge in [0.2, 0.25) is 0 Å². The maximum atomic E-state index is 13.0. The van der Waals surface area contributed by atoms with E-state index in [9.17, 15) is 19.1 Å². The van der Waals surface area contributed by atoms with Crippen LogP contribution in [0.2, 0.25) is 0 Å². The van der Waals surface area contributed by atoms with Crippen LogP contribution in [0.15, 0.2) is 41.0 Å². The van der Waals surface area contributed by atoms with Gasteiger partial charge in [-0.1, -0.05) is 12.1 Å². The lowest BCUT2D eigenvalue weighted by molar-refractivity contribution is 0.0442. The summed E-state index contributed by atoms with van der Waals surface area (Å²) in [6, 6.07) is 6.97. The molecule has 7 heteroatoms. The smallest absolute Gasteiger partial charge is 0.338 e. The van der Waals surface area contributed by atoms with E-state index in [1.807, 2.05) is 0 Å². The van der Waals surface area contributed by atoms with Crippen LogP contribution in [-0.2, 0) is 0 Å². The average Bonchev–Trinajstić information content (AvgIpc) is 3.12. The molecule has 2 heterocycles. The fourth-order valence-electron chi connectivity index (χ4n) is 3.07. The van der Waals surface area contributed by atoms with Gasteiger partial charge in [0, 0.05) is 19.2 Å². The minimum absolute atomic E-state index is 0.00469. The molecule has 3 rings (SSSR count). The lowest BCUT2D eigenvalue weighted by Gasteiger charge is -2.34. The number of nitrogens with zero attached hydrogens (tertiary/aromatic N) is 1. The fourth-order valence-corrected chi connectivity index (χ4v) is 3.07. The molecular formula is C18H18FNO5. The van der Waals surface area contributed by atoms with Crippen molar-refractivity contribution in [3.63, 3.8) is 0 Å². The van der Waals surface area contributed by atoms with Gasteiger partial charge in [0.1, 0.15) is 12.1 Å². The number of aromatic carboxylic acids is 1. The maximum absolute atomic E-state index is 13.0. The molecule has 1 saturated heterocycles. The highest BCUT2D eigenvalue weighted by molar-refractivity contribution is 5.95. The van der Waals surface area contributed by atoms with Crippen molar-refractivity contribution in [1.29, 1.82) is 0 Å². The normalized spacial score (nSPS) is 16.6. The molecule has 0 saturated carbocycles. The molecule has 1 atom stereocenters. The summed E-state index contributed by atoms with van der Waals surface area (Å²) in [7, 11) is 0. The molecule has 1 unspecified atom stereocenters. The number of aliphatic hydroxyl groups excluding tert-OH is 1. The first-order chi connectivity index (χ1) is 12.0. The second-order valence-electron chi connectivity index (χ2n) is 6.13. The Balaban J connectivity index is 1.60. The van der Waals surface area contributed by atoms with Crippen LogP contribution in [0.5, 0.6) is 0 Å². The van der Waals surface area contributed by atoms with Crippen molar-refractivity contribution in [2.24, 2.45) is 5.92 Å². The monoisotopic (exact) mass is 347 g/mol. The summed E-state index contributed by atoms with van der Waals surface area (Å²) >= 11 is 0. The minimum atomic E-state index is -1.15. The Morgan fingerprint density at radius 2 is 1.84 bits per heavy atom. The highest BCUT2D eigenvalue weighted by atomic mass is 19.1. The van der Waals surface area contributed by atoms with Crippen LogP contribution in [0.4, 0.5) is 4.39 Å². The highest BCUT2D eigenvalue weighted by Crippen LogP contribution is 2.31. The lowest BCUT2D eigenvalue weighted by atomic mass is 9.87. The van der Waals surface area contributed by atoms with Gasteiger partial charge in [0.25, 0.3) is 5.91 Å². The van der Waals surface area contributed by atoms with Crippen LogP contribution in [0.1, 0.15) is 45.4 Å². The van der Waals surface area contributed by atoms with Crippen molar-refractivity contribution in [2.75, 3.05) is 13.1 Å². The summed E-state index contributed by atoms with van der Waals surface area (Å²) in [5, 5.41) is 19.3. The number of piperidine rings is 1. The Morgan fingerprint density at radius 3 is 2.40 bits per heavy atom.